The van der Waals surface area contributed by atoms with Crippen LogP contribution in [0.15, 0.2) is 59.6 Å². The third-order valence-electron chi connectivity index (χ3n) is 4.66. The van der Waals surface area contributed by atoms with Crippen molar-refractivity contribution in [1.29, 1.82) is 0 Å². The van der Waals surface area contributed by atoms with Gasteiger partial charge in [0.2, 0.25) is 5.96 Å². The zero-order valence-corrected chi connectivity index (χ0v) is 22.9. The normalized spacial score (nSPS) is 12.1. The molecule has 206 valence electrons. The first-order valence-corrected chi connectivity index (χ1v) is 12.3. The van der Waals surface area contributed by atoms with Gasteiger partial charge in [-0.15, -0.1) is 0 Å². The van der Waals surface area contributed by atoms with Gasteiger partial charge in [0, 0.05) is 0 Å². The second-order valence-electron chi connectivity index (χ2n) is 10.6. The van der Waals surface area contributed by atoms with Crippen LogP contribution in [0.4, 0.5) is 15.3 Å². The monoisotopic (exact) mass is 526 g/mol. The minimum atomic E-state index is -0.788. The number of hydrogen-bond acceptors (Lipinski definition) is 8. The molecule has 2 amide bonds. The SMILES string of the molecule is CC(C)(C)OC(=O)NC(=Nc1cccc(CCC(N)C(=O)OCc2ccccc2)c1)NC(=O)OC(C)(C)C. The van der Waals surface area contributed by atoms with Gasteiger partial charge in [-0.3, -0.25) is 15.4 Å². The number of rotatable bonds is 7. The first-order chi connectivity index (χ1) is 17.7. The highest BCUT2D eigenvalue weighted by atomic mass is 16.6. The van der Waals surface area contributed by atoms with Gasteiger partial charge in [-0.25, -0.2) is 14.6 Å². The minimum absolute atomic E-state index is 0.160. The van der Waals surface area contributed by atoms with E-state index < -0.39 is 35.4 Å². The molecule has 0 aliphatic carbocycles. The standard InChI is InChI=1S/C28H38N4O6/c1-27(2,3)37-25(34)31-24(32-26(35)38-28(4,5)6)30-21-14-10-13-19(17-21)15-16-22(29)23(33)36-18-20-11-8-7-9-12-20/h7-14,17,22H,15-16,18,29H2,1-6H3,(H2,30,31,32,34,35). The Hall–Kier alpha value is -3.92. The van der Waals surface area contributed by atoms with Gasteiger partial charge < -0.3 is 19.9 Å². The summed E-state index contributed by atoms with van der Waals surface area (Å²) in [6.45, 7) is 10.5. The van der Waals surface area contributed by atoms with Gasteiger partial charge >= 0.3 is 18.2 Å². The largest absolute Gasteiger partial charge is 0.460 e. The van der Waals surface area contributed by atoms with E-state index >= 15 is 0 Å². The number of nitrogens with zero attached hydrogens (tertiary/aromatic N) is 1. The van der Waals surface area contributed by atoms with Crippen molar-refractivity contribution in [3.8, 4) is 0 Å². The Morgan fingerprint density at radius 1 is 0.842 bits per heavy atom. The van der Waals surface area contributed by atoms with Gasteiger partial charge in [0.25, 0.3) is 0 Å². The minimum Gasteiger partial charge on any atom is -0.460 e. The van der Waals surface area contributed by atoms with Crippen molar-refractivity contribution < 1.29 is 28.6 Å². The molecule has 0 spiro atoms. The first kappa shape index (κ1) is 30.3. The maximum atomic E-state index is 12.3. The van der Waals surface area contributed by atoms with Crippen LogP contribution in [0.25, 0.3) is 0 Å². The zero-order chi connectivity index (χ0) is 28.3. The number of amides is 2. The number of carbonyl (C=O) groups excluding carboxylic acids is 3. The van der Waals surface area contributed by atoms with E-state index in [9.17, 15) is 14.4 Å². The highest BCUT2D eigenvalue weighted by Crippen LogP contribution is 2.17. The summed E-state index contributed by atoms with van der Waals surface area (Å²) in [5.74, 6) is -0.639. The molecular formula is C28H38N4O6. The predicted octanol–water partition coefficient (Wildman–Crippen LogP) is 4.73. The molecule has 0 bridgehead atoms. The van der Waals surface area contributed by atoms with Crippen LogP contribution in [0.1, 0.15) is 59.1 Å². The lowest BCUT2D eigenvalue weighted by atomic mass is 10.1. The van der Waals surface area contributed by atoms with Crippen LogP contribution in [0.5, 0.6) is 0 Å². The van der Waals surface area contributed by atoms with E-state index in [0.717, 1.165) is 11.1 Å². The molecule has 1 atom stereocenters. The van der Waals surface area contributed by atoms with Gasteiger partial charge in [-0.2, -0.15) is 0 Å². The van der Waals surface area contributed by atoms with E-state index in [2.05, 4.69) is 15.6 Å². The number of alkyl carbamates (subject to hydrolysis) is 2. The molecule has 38 heavy (non-hydrogen) atoms. The first-order valence-electron chi connectivity index (χ1n) is 12.3. The fourth-order valence-electron chi connectivity index (χ4n) is 3.07. The molecule has 0 fully saturated rings. The summed E-state index contributed by atoms with van der Waals surface area (Å²) < 4.78 is 15.8. The summed E-state index contributed by atoms with van der Waals surface area (Å²) in [4.78, 5) is 41.3. The number of nitrogens with two attached hydrogens (primary N) is 1. The van der Waals surface area contributed by atoms with E-state index in [1.54, 1.807) is 59.7 Å². The number of ether oxygens (including phenoxy) is 3. The average molecular weight is 527 g/mol. The molecule has 0 aliphatic rings. The van der Waals surface area contributed by atoms with Crippen molar-refractivity contribution in [3.63, 3.8) is 0 Å². The van der Waals surface area contributed by atoms with Crippen molar-refractivity contribution >= 4 is 29.8 Å². The summed E-state index contributed by atoms with van der Waals surface area (Å²) in [6.07, 6.45) is -0.730. The van der Waals surface area contributed by atoms with Gasteiger partial charge in [0.15, 0.2) is 0 Å². The van der Waals surface area contributed by atoms with Gasteiger partial charge in [-0.05, 0) is 77.6 Å². The van der Waals surface area contributed by atoms with Crippen molar-refractivity contribution in [1.82, 2.24) is 10.6 Å². The predicted molar refractivity (Wildman–Crippen MR) is 145 cm³/mol. The number of esters is 1. The highest BCUT2D eigenvalue weighted by molar-refractivity contribution is 6.02. The average Bonchev–Trinajstić information content (AvgIpc) is 2.79. The van der Waals surface area contributed by atoms with Crippen LogP contribution in [-0.2, 0) is 32.0 Å². The Labute approximate surface area is 223 Å². The number of hydrogen-bond donors (Lipinski definition) is 3. The smallest absolute Gasteiger partial charge is 0.414 e. The molecule has 0 aromatic heterocycles. The van der Waals surface area contributed by atoms with Crippen LogP contribution < -0.4 is 16.4 Å². The van der Waals surface area contributed by atoms with E-state index in [-0.39, 0.29) is 12.6 Å². The number of carbonyl (C=O) groups is 3. The fraction of sp³-hybridized carbons (Fsp3) is 0.429. The topological polar surface area (TPSA) is 141 Å². The van der Waals surface area contributed by atoms with Crippen LogP contribution >= 0.6 is 0 Å². The number of benzene rings is 2. The molecule has 0 saturated carbocycles. The molecule has 4 N–H and O–H groups in total. The molecular weight excluding hydrogens is 488 g/mol. The van der Waals surface area contributed by atoms with Gasteiger partial charge in [0.1, 0.15) is 23.9 Å². The summed E-state index contributed by atoms with van der Waals surface area (Å²) in [6, 6.07) is 15.7. The van der Waals surface area contributed by atoms with Gasteiger partial charge in [-0.1, -0.05) is 42.5 Å². The Morgan fingerprint density at radius 2 is 1.39 bits per heavy atom. The lowest BCUT2D eigenvalue weighted by Gasteiger charge is -2.22. The summed E-state index contributed by atoms with van der Waals surface area (Å²) in [7, 11) is 0. The molecule has 2 rings (SSSR count). The third kappa shape index (κ3) is 12.4. The van der Waals surface area contributed by atoms with Crippen LogP contribution in [0.3, 0.4) is 0 Å². The number of guanidine groups is 1. The Balaban J connectivity index is 2.06. The Bertz CT molecular complexity index is 1090. The van der Waals surface area contributed by atoms with E-state index in [0.29, 0.717) is 18.5 Å². The van der Waals surface area contributed by atoms with E-state index in [1.165, 1.54) is 0 Å². The molecule has 0 aliphatic heterocycles. The maximum absolute atomic E-state index is 12.3. The summed E-state index contributed by atoms with van der Waals surface area (Å²) >= 11 is 0. The molecule has 10 nitrogen and oxygen atoms in total. The number of nitrogens with one attached hydrogen (secondary N) is 2. The third-order valence-corrected chi connectivity index (χ3v) is 4.66. The zero-order valence-electron chi connectivity index (χ0n) is 22.9. The number of aliphatic imine (C=N–C) groups is 1. The van der Waals surface area contributed by atoms with Gasteiger partial charge in [0.05, 0.1) is 5.69 Å². The molecule has 10 heteroatoms. The van der Waals surface area contributed by atoms with Crippen molar-refractivity contribution in [2.24, 2.45) is 10.7 Å². The highest BCUT2D eigenvalue weighted by Gasteiger charge is 2.21. The quantitative estimate of drug-likeness (QED) is 0.205. The second-order valence-corrected chi connectivity index (χ2v) is 10.6. The van der Waals surface area contributed by atoms with Crippen molar-refractivity contribution in [2.45, 2.75) is 78.2 Å². The Morgan fingerprint density at radius 3 is 1.95 bits per heavy atom. The maximum Gasteiger partial charge on any atom is 0.414 e. The molecule has 0 saturated heterocycles. The molecule has 0 heterocycles. The molecule has 0 radical (unpaired) electrons. The van der Waals surface area contributed by atoms with Crippen molar-refractivity contribution in [2.75, 3.05) is 0 Å². The van der Waals surface area contributed by atoms with Crippen LogP contribution in [-0.4, -0.2) is 41.4 Å². The van der Waals surface area contributed by atoms with E-state index in [4.69, 9.17) is 19.9 Å². The Kier molecular flexibility index (Phi) is 10.8. The van der Waals surface area contributed by atoms with E-state index in [1.807, 2.05) is 36.4 Å². The molecule has 1 unspecified atom stereocenters. The lowest BCUT2D eigenvalue weighted by Crippen LogP contribution is -2.47. The second kappa shape index (κ2) is 13.6. The van der Waals surface area contributed by atoms with Crippen molar-refractivity contribution in [3.05, 3.63) is 65.7 Å². The lowest BCUT2D eigenvalue weighted by molar-refractivity contribution is -0.146. The van der Waals surface area contributed by atoms with Crippen LogP contribution in [0, 0.1) is 0 Å². The summed E-state index contributed by atoms with van der Waals surface area (Å²) in [5.41, 5.74) is 6.72. The fourth-order valence-corrected chi connectivity index (χ4v) is 3.07. The molecule has 2 aromatic rings. The molecule has 2 aromatic carbocycles. The number of aryl methyl sites for hydroxylation is 1. The summed E-state index contributed by atoms with van der Waals surface area (Å²) in [5, 5.41) is 4.89. The van der Waals surface area contributed by atoms with Crippen LogP contribution in [0.2, 0.25) is 0 Å².